The molecule has 7 nitrogen and oxygen atoms in total. The second-order valence-electron chi connectivity index (χ2n) is 6.57. The lowest BCUT2D eigenvalue weighted by molar-refractivity contribution is 0.0446. The lowest BCUT2D eigenvalue weighted by Gasteiger charge is -2.35. The predicted molar refractivity (Wildman–Crippen MR) is 103 cm³/mol. The minimum absolute atomic E-state index is 0.144. The number of aryl methyl sites for hydroxylation is 1. The van der Waals surface area contributed by atoms with Crippen molar-refractivity contribution in [3.8, 4) is 11.4 Å². The van der Waals surface area contributed by atoms with Gasteiger partial charge in [-0.15, -0.1) is 0 Å². The number of hydrogen-bond acceptors (Lipinski definition) is 4. The number of nitrogens with one attached hydrogen (secondary N) is 2. The number of carbonyl (C=O) groups is 2. The first-order valence-electron chi connectivity index (χ1n) is 8.97. The normalized spacial score (nSPS) is 16.9. The quantitative estimate of drug-likeness (QED) is 0.837. The highest BCUT2D eigenvalue weighted by Gasteiger charge is 2.31. The van der Waals surface area contributed by atoms with E-state index in [1.165, 1.54) is 7.05 Å². The number of benzene rings is 1. The van der Waals surface area contributed by atoms with E-state index in [0.717, 1.165) is 24.8 Å². The Kier molecular flexibility index (Phi) is 6.01. The topological polar surface area (TPSA) is 87.3 Å². The minimum Gasteiger partial charge on any atom is -0.447 e. The smallest absolute Gasteiger partial charge is 0.406 e. The number of aromatic nitrogens is 2. The summed E-state index contributed by atoms with van der Waals surface area (Å²) in [6.07, 6.45) is 2.23. The molecular formula is C19H23ClN4O3. The van der Waals surface area contributed by atoms with Crippen molar-refractivity contribution >= 4 is 23.6 Å². The molecule has 1 saturated heterocycles. The molecule has 1 aromatic heterocycles. The van der Waals surface area contributed by atoms with Crippen LogP contribution in [0.25, 0.3) is 11.4 Å². The fourth-order valence-electron chi connectivity index (χ4n) is 3.26. The van der Waals surface area contributed by atoms with Crippen LogP contribution >= 0.6 is 11.6 Å². The third-order valence-electron chi connectivity index (χ3n) is 4.68. The van der Waals surface area contributed by atoms with E-state index in [9.17, 15) is 9.59 Å². The van der Waals surface area contributed by atoms with E-state index in [1.54, 1.807) is 17.0 Å². The molecule has 0 saturated carbocycles. The number of rotatable bonds is 4. The van der Waals surface area contributed by atoms with Crippen LogP contribution in [0.4, 0.5) is 4.79 Å². The Bertz CT molecular complexity index is 836. The Morgan fingerprint density at radius 1 is 1.41 bits per heavy atom. The Balaban J connectivity index is 1.80. The van der Waals surface area contributed by atoms with Crippen LogP contribution in [0.3, 0.4) is 0 Å². The van der Waals surface area contributed by atoms with Gasteiger partial charge in [0.1, 0.15) is 18.1 Å². The van der Waals surface area contributed by atoms with Gasteiger partial charge in [-0.1, -0.05) is 23.7 Å². The summed E-state index contributed by atoms with van der Waals surface area (Å²) in [5, 5.41) is 3.03. The number of amides is 2. The molecule has 1 fully saturated rings. The lowest BCUT2D eigenvalue weighted by atomic mass is 10.0. The van der Waals surface area contributed by atoms with Gasteiger partial charge in [0.05, 0.1) is 6.04 Å². The van der Waals surface area contributed by atoms with Gasteiger partial charge in [0.2, 0.25) is 0 Å². The van der Waals surface area contributed by atoms with Crippen LogP contribution in [0.1, 0.15) is 35.4 Å². The third kappa shape index (κ3) is 4.42. The number of carbonyl (C=O) groups excluding carboxylic acids is 2. The highest BCUT2D eigenvalue weighted by Crippen LogP contribution is 2.24. The summed E-state index contributed by atoms with van der Waals surface area (Å²) in [5.41, 5.74) is 1.91. The van der Waals surface area contributed by atoms with Gasteiger partial charge < -0.3 is 19.9 Å². The van der Waals surface area contributed by atoms with Gasteiger partial charge in [-0.2, -0.15) is 0 Å². The Hall–Kier alpha value is -2.54. The summed E-state index contributed by atoms with van der Waals surface area (Å²) < 4.78 is 5.18. The summed E-state index contributed by atoms with van der Waals surface area (Å²) in [6, 6.07) is 7.18. The van der Waals surface area contributed by atoms with Gasteiger partial charge in [-0.05, 0) is 38.3 Å². The Morgan fingerprint density at radius 2 is 2.22 bits per heavy atom. The monoisotopic (exact) mass is 390 g/mol. The van der Waals surface area contributed by atoms with E-state index in [-0.39, 0.29) is 18.6 Å². The van der Waals surface area contributed by atoms with E-state index in [4.69, 9.17) is 16.3 Å². The number of H-pyrrole nitrogens is 1. The maximum atomic E-state index is 13.1. The average Bonchev–Trinajstić information content (AvgIpc) is 3.07. The zero-order valence-corrected chi connectivity index (χ0v) is 16.2. The molecule has 0 aliphatic carbocycles. The number of aromatic amines is 1. The number of halogens is 1. The molecule has 27 heavy (non-hydrogen) atoms. The van der Waals surface area contributed by atoms with Crippen LogP contribution in [0.5, 0.6) is 0 Å². The van der Waals surface area contributed by atoms with Crippen molar-refractivity contribution < 1.29 is 14.3 Å². The highest BCUT2D eigenvalue weighted by atomic mass is 35.5. The molecule has 8 heteroatoms. The summed E-state index contributed by atoms with van der Waals surface area (Å²) >= 11 is 6.05. The molecule has 2 heterocycles. The molecule has 3 rings (SSSR count). The van der Waals surface area contributed by atoms with Crippen molar-refractivity contribution in [3.63, 3.8) is 0 Å². The van der Waals surface area contributed by atoms with E-state index in [2.05, 4.69) is 15.3 Å². The minimum atomic E-state index is -0.493. The fraction of sp³-hybridized carbons (Fsp3) is 0.421. The van der Waals surface area contributed by atoms with E-state index < -0.39 is 6.09 Å². The van der Waals surface area contributed by atoms with Crippen molar-refractivity contribution in [2.45, 2.75) is 32.2 Å². The molecule has 1 atom stereocenters. The van der Waals surface area contributed by atoms with Crippen LogP contribution in [-0.4, -0.2) is 53.1 Å². The molecule has 1 aromatic carbocycles. The summed E-state index contributed by atoms with van der Waals surface area (Å²) in [5.74, 6) is 0.454. The van der Waals surface area contributed by atoms with Crippen molar-refractivity contribution in [3.05, 3.63) is 40.7 Å². The van der Waals surface area contributed by atoms with Crippen molar-refractivity contribution in [2.24, 2.45) is 0 Å². The standard InChI is InChI=1S/C19H23ClN4O3/c1-12-16(23-17(22-12)13-6-5-7-14(20)10-13)18(25)24-9-4-3-8-15(24)11-27-19(26)21-2/h5-7,10,15H,3-4,8-9,11H2,1-2H3,(H,21,26)(H,22,23). The predicted octanol–water partition coefficient (Wildman–Crippen LogP) is 3.39. The molecule has 0 radical (unpaired) electrons. The van der Waals surface area contributed by atoms with Crippen molar-refractivity contribution in [1.82, 2.24) is 20.2 Å². The second-order valence-corrected chi connectivity index (χ2v) is 7.00. The van der Waals surface area contributed by atoms with Crippen molar-refractivity contribution in [2.75, 3.05) is 20.2 Å². The van der Waals surface area contributed by atoms with Crippen LogP contribution < -0.4 is 5.32 Å². The number of ether oxygens (including phenoxy) is 1. The van der Waals surface area contributed by atoms with E-state index in [0.29, 0.717) is 28.8 Å². The van der Waals surface area contributed by atoms with E-state index >= 15 is 0 Å². The number of likely N-dealkylation sites (tertiary alicyclic amines) is 1. The summed E-state index contributed by atoms with van der Waals surface area (Å²) in [4.78, 5) is 33.9. The summed E-state index contributed by atoms with van der Waals surface area (Å²) in [6.45, 7) is 2.63. The van der Waals surface area contributed by atoms with Crippen LogP contribution in [0.15, 0.2) is 24.3 Å². The number of imidazole rings is 1. The fourth-order valence-corrected chi connectivity index (χ4v) is 3.45. The molecular weight excluding hydrogens is 368 g/mol. The van der Waals surface area contributed by atoms with E-state index in [1.807, 2.05) is 19.1 Å². The maximum absolute atomic E-state index is 13.1. The number of nitrogens with zero attached hydrogens (tertiary/aromatic N) is 2. The number of piperidine rings is 1. The highest BCUT2D eigenvalue weighted by molar-refractivity contribution is 6.30. The first-order chi connectivity index (χ1) is 13.0. The number of alkyl carbamates (subject to hydrolysis) is 1. The van der Waals surface area contributed by atoms with Gasteiger partial charge in [0, 0.05) is 29.9 Å². The molecule has 2 aromatic rings. The van der Waals surface area contributed by atoms with Gasteiger partial charge in [-0.25, -0.2) is 9.78 Å². The van der Waals surface area contributed by atoms with Crippen LogP contribution in [0.2, 0.25) is 5.02 Å². The molecule has 1 aliphatic rings. The van der Waals surface area contributed by atoms with Gasteiger partial charge in [0.15, 0.2) is 0 Å². The maximum Gasteiger partial charge on any atom is 0.406 e. The van der Waals surface area contributed by atoms with Gasteiger partial charge in [0.25, 0.3) is 5.91 Å². The molecule has 0 bridgehead atoms. The molecule has 1 unspecified atom stereocenters. The molecule has 0 spiro atoms. The Labute approximate surface area is 163 Å². The molecule has 2 N–H and O–H groups in total. The van der Waals surface area contributed by atoms with Crippen LogP contribution in [-0.2, 0) is 4.74 Å². The van der Waals surface area contributed by atoms with Gasteiger partial charge >= 0.3 is 6.09 Å². The zero-order valence-electron chi connectivity index (χ0n) is 15.4. The van der Waals surface area contributed by atoms with Gasteiger partial charge in [-0.3, -0.25) is 4.79 Å². The first-order valence-corrected chi connectivity index (χ1v) is 9.35. The van der Waals surface area contributed by atoms with Crippen molar-refractivity contribution in [1.29, 1.82) is 0 Å². The average molecular weight is 391 g/mol. The lowest BCUT2D eigenvalue weighted by Crippen LogP contribution is -2.47. The first kappa shape index (κ1) is 19.2. The second kappa shape index (κ2) is 8.43. The number of hydrogen-bond donors (Lipinski definition) is 2. The molecule has 1 aliphatic heterocycles. The zero-order chi connectivity index (χ0) is 19.4. The third-order valence-corrected chi connectivity index (χ3v) is 4.92. The largest absolute Gasteiger partial charge is 0.447 e. The summed E-state index contributed by atoms with van der Waals surface area (Å²) in [7, 11) is 1.51. The molecule has 144 valence electrons. The SMILES string of the molecule is CNC(=O)OCC1CCCCN1C(=O)c1nc(-c2cccc(Cl)c2)[nH]c1C. The Morgan fingerprint density at radius 3 is 2.96 bits per heavy atom. The molecule has 2 amide bonds. The van der Waals surface area contributed by atoms with Crippen LogP contribution in [0, 0.1) is 6.92 Å².